The third-order valence-corrected chi connectivity index (χ3v) is 5.88. The molecule has 180 valence electrons. The van der Waals surface area contributed by atoms with Crippen LogP contribution in [0.25, 0.3) is 5.76 Å². The van der Waals surface area contributed by atoms with Crippen LogP contribution in [0.15, 0.2) is 78.4 Å². The van der Waals surface area contributed by atoms with E-state index in [9.17, 15) is 14.7 Å². The summed E-state index contributed by atoms with van der Waals surface area (Å²) in [6, 6.07) is 20.6. The summed E-state index contributed by atoms with van der Waals surface area (Å²) >= 11 is 0. The quantitative estimate of drug-likeness (QED) is 0.273. The van der Waals surface area contributed by atoms with Gasteiger partial charge < -0.3 is 14.6 Å². The first-order chi connectivity index (χ1) is 16.8. The van der Waals surface area contributed by atoms with Crippen molar-refractivity contribution in [1.29, 1.82) is 0 Å². The minimum Gasteiger partial charge on any atom is -0.507 e. The second-order valence-corrected chi connectivity index (χ2v) is 9.01. The number of ether oxygens (including phenoxy) is 2. The number of carbonyl (C=O) groups excluding carboxylic acids is 2. The Balaban J connectivity index is 1.87. The van der Waals surface area contributed by atoms with Crippen molar-refractivity contribution in [1.82, 2.24) is 0 Å². The molecule has 3 aromatic carbocycles. The molecule has 0 spiro atoms. The van der Waals surface area contributed by atoms with E-state index in [0.29, 0.717) is 40.8 Å². The first-order valence-electron chi connectivity index (χ1n) is 11.5. The van der Waals surface area contributed by atoms with Crippen molar-refractivity contribution >= 4 is 23.1 Å². The molecule has 1 atom stereocenters. The van der Waals surface area contributed by atoms with E-state index in [0.717, 1.165) is 5.56 Å². The average Bonchev–Trinajstić information content (AvgIpc) is 3.13. The van der Waals surface area contributed by atoms with Crippen LogP contribution in [0, 0.1) is 12.8 Å². The fourth-order valence-corrected chi connectivity index (χ4v) is 4.06. The Morgan fingerprint density at radius 1 is 0.971 bits per heavy atom. The van der Waals surface area contributed by atoms with E-state index in [-0.39, 0.29) is 11.3 Å². The van der Waals surface area contributed by atoms with Gasteiger partial charge in [-0.05, 0) is 66.9 Å². The van der Waals surface area contributed by atoms with Gasteiger partial charge in [-0.2, -0.15) is 0 Å². The van der Waals surface area contributed by atoms with Crippen LogP contribution in [0.5, 0.6) is 11.5 Å². The second kappa shape index (κ2) is 10.1. The predicted molar refractivity (Wildman–Crippen MR) is 136 cm³/mol. The van der Waals surface area contributed by atoms with E-state index in [2.05, 4.69) is 13.8 Å². The monoisotopic (exact) mass is 471 g/mol. The predicted octanol–water partition coefficient (Wildman–Crippen LogP) is 5.66. The molecule has 1 fully saturated rings. The SMILES string of the molecule is COc1ccc(/C(O)=C2/C(=O)C(=O)N(c3ccc(C)cc3)C2c2cccc(OCC(C)C)c2)cc1. The highest BCUT2D eigenvalue weighted by Gasteiger charge is 2.47. The lowest BCUT2D eigenvalue weighted by atomic mass is 9.95. The average molecular weight is 472 g/mol. The number of Topliss-reactive ketones (excluding diaryl/α,β-unsaturated/α-hetero) is 1. The van der Waals surface area contributed by atoms with E-state index in [1.54, 1.807) is 43.5 Å². The fourth-order valence-electron chi connectivity index (χ4n) is 4.06. The van der Waals surface area contributed by atoms with Gasteiger partial charge in [0.15, 0.2) is 0 Å². The van der Waals surface area contributed by atoms with Crippen molar-refractivity contribution in [3.63, 3.8) is 0 Å². The molecule has 1 heterocycles. The lowest BCUT2D eigenvalue weighted by Crippen LogP contribution is -2.29. The van der Waals surface area contributed by atoms with E-state index in [4.69, 9.17) is 9.47 Å². The number of ketones is 1. The van der Waals surface area contributed by atoms with Crippen molar-refractivity contribution in [3.8, 4) is 11.5 Å². The van der Waals surface area contributed by atoms with Crippen LogP contribution in [-0.2, 0) is 9.59 Å². The van der Waals surface area contributed by atoms with Gasteiger partial charge in [0, 0.05) is 11.3 Å². The first-order valence-corrected chi connectivity index (χ1v) is 11.5. The van der Waals surface area contributed by atoms with Crippen molar-refractivity contribution in [2.75, 3.05) is 18.6 Å². The topological polar surface area (TPSA) is 76.1 Å². The smallest absolute Gasteiger partial charge is 0.300 e. The molecule has 0 radical (unpaired) electrons. The molecule has 1 aliphatic heterocycles. The standard InChI is InChI=1S/C29H29NO5/c1-18(2)17-35-24-7-5-6-21(16-24)26-25(27(31)20-10-14-23(34-4)15-11-20)28(32)29(33)30(26)22-12-8-19(3)9-13-22/h5-16,18,26,31H,17H2,1-4H3/b27-25-. The molecule has 1 amide bonds. The summed E-state index contributed by atoms with van der Waals surface area (Å²) in [5.41, 5.74) is 2.72. The zero-order valence-electron chi connectivity index (χ0n) is 20.3. The van der Waals surface area contributed by atoms with Gasteiger partial charge in [-0.25, -0.2) is 0 Å². The Hall–Kier alpha value is -4.06. The van der Waals surface area contributed by atoms with Crippen molar-refractivity contribution in [2.45, 2.75) is 26.8 Å². The number of benzene rings is 3. The van der Waals surface area contributed by atoms with Crippen molar-refractivity contribution in [2.24, 2.45) is 5.92 Å². The number of nitrogens with zero attached hydrogens (tertiary/aromatic N) is 1. The minimum absolute atomic E-state index is 0.0294. The van der Waals surface area contributed by atoms with Gasteiger partial charge >= 0.3 is 0 Å². The third kappa shape index (κ3) is 4.92. The summed E-state index contributed by atoms with van der Waals surface area (Å²) in [7, 11) is 1.55. The Morgan fingerprint density at radius 2 is 1.66 bits per heavy atom. The number of aliphatic hydroxyl groups is 1. The lowest BCUT2D eigenvalue weighted by Gasteiger charge is -2.26. The molecule has 1 unspecified atom stereocenters. The van der Waals surface area contributed by atoms with Gasteiger partial charge in [-0.1, -0.05) is 43.7 Å². The summed E-state index contributed by atoms with van der Waals surface area (Å²) in [6.07, 6.45) is 0. The Kier molecular flexibility index (Phi) is 6.92. The van der Waals surface area contributed by atoms with Gasteiger partial charge in [-0.3, -0.25) is 14.5 Å². The van der Waals surface area contributed by atoms with Crippen LogP contribution in [0.4, 0.5) is 5.69 Å². The Labute approximate surface area is 205 Å². The maximum Gasteiger partial charge on any atom is 0.300 e. The summed E-state index contributed by atoms with van der Waals surface area (Å²) in [5.74, 6) is -0.0748. The molecule has 1 saturated heterocycles. The number of hydrogen-bond donors (Lipinski definition) is 1. The normalized spacial score (nSPS) is 17.2. The van der Waals surface area contributed by atoms with Crippen LogP contribution in [-0.4, -0.2) is 30.5 Å². The highest BCUT2D eigenvalue weighted by atomic mass is 16.5. The van der Waals surface area contributed by atoms with E-state index >= 15 is 0 Å². The van der Waals surface area contributed by atoms with Crippen LogP contribution in [0.2, 0.25) is 0 Å². The van der Waals surface area contributed by atoms with E-state index < -0.39 is 17.7 Å². The molecular weight excluding hydrogens is 442 g/mol. The van der Waals surface area contributed by atoms with Crippen LogP contribution < -0.4 is 14.4 Å². The zero-order valence-corrected chi connectivity index (χ0v) is 20.3. The second-order valence-electron chi connectivity index (χ2n) is 9.01. The number of rotatable bonds is 7. The van der Waals surface area contributed by atoms with Gasteiger partial charge in [0.2, 0.25) is 0 Å². The molecule has 0 saturated carbocycles. The fraction of sp³-hybridized carbons (Fsp3) is 0.241. The number of carbonyl (C=O) groups is 2. The highest BCUT2D eigenvalue weighted by molar-refractivity contribution is 6.51. The largest absolute Gasteiger partial charge is 0.507 e. The maximum atomic E-state index is 13.3. The minimum atomic E-state index is -0.817. The Morgan fingerprint density at radius 3 is 2.29 bits per heavy atom. The summed E-state index contributed by atoms with van der Waals surface area (Å²) < 4.78 is 11.1. The van der Waals surface area contributed by atoms with E-state index in [1.807, 2.05) is 43.3 Å². The van der Waals surface area contributed by atoms with Gasteiger partial charge in [0.1, 0.15) is 17.3 Å². The molecule has 35 heavy (non-hydrogen) atoms. The van der Waals surface area contributed by atoms with Gasteiger partial charge in [-0.15, -0.1) is 0 Å². The summed E-state index contributed by atoms with van der Waals surface area (Å²) in [6.45, 7) is 6.61. The van der Waals surface area contributed by atoms with Gasteiger partial charge in [0.25, 0.3) is 11.7 Å². The summed E-state index contributed by atoms with van der Waals surface area (Å²) in [5, 5.41) is 11.3. The maximum absolute atomic E-state index is 13.3. The molecule has 4 rings (SSSR count). The molecular formula is C29H29NO5. The van der Waals surface area contributed by atoms with Crippen molar-refractivity contribution < 1.29 is 24.2 Å². The molecule has 3 aromatic rings. The number of aliphatic hydroxyl groups excluding tert-OH is 1. The number of hydrogen-bond acceptors (Lipinski definition) is 5. The van der Waals surface area contributed by atoms with Crippen LogP contribution in [0.3, 0.4) is 0 Å². The Bertz CT molecular complexity index is 1260. The van der Waals surface area contributed by atoms with E-state index in [1.165, 1.54) is 4.90 Å². The number of anilines is 1. The van der Waals surface area contributed by atoms with Crippen LogP contribution >= 0.6 is 0 Å². The highest BCUT2D eigenvalue weighted by Crippen LogP contribution is 2.43. The molecule has 0 aromatic heterocycles. The zero-order chi connectivity index (χ0) is 25.1. The molecule has 0 bridgehead atoms. The first kappa shape index (κ1) is 24.1. The molecule has 6 nitrogen and oxygen atoms in total. The summed E-state index contributed by atoms with van der Waals surface area (Å²) in [4.78, 5) is 28.1. The number of aryl methyl sites for hydroxylation is 1. The molecule has 1 aliphatic rings. The number of amides is 1. The third-order valence-electron chi connectivity index (χ3n) is 5.88. The van der Waals surface area contributed by atoms with Crippen LogP contribution in [0.1, 0.15) is 36.6 Å². The molecule has 1 N–H and O–H groups in total. The lowest BCUT2D eigenvalue weighted by molar-refractivity contribution is -0.132. The molecule has 0 aliphatic carbocycles. The van der Waals surface area contributed by atoms with Gasteiger partial charge in [0.05, 0.1) is 25.3 Å². The van der Waals surface area contributed by atoms with Crippen molar-refractivity contribution in [3.05, 3.63) is 95.1 Å². The number of methoxy groups -OCH3 is 1. The molecule has 6 heteroatoms.